The molecule has 1 aliphatic rings. The Bertz CT molecular complexity index is 183. The van der Waals surface area contributed by atoms with Crippen LogP contribution in [-0.2, 0) is 4.74 Å². The Morgan fingerprint density at radius 1 is 1.12 bits per heavy atom. The predicted molar refractivity (Wildman–Crippen MR) is 69.5 cm³/mol. The van der Waals surface area contributed by atoms with Crippen LogP contribution in [0.2, 0.25) is 0 Å². The summed E-state index contributed by atoms with van der Waals surface area (Å²) in [5, 5.41) is 0. The molecule has 96 valence electrons. The monoisotopic (exact) mass is 227 g/mol. The second-order valence-corrected chi connectivity index (χ2v) is 5.65. The van der Waals surface area contributed by atoms with Crippen molar-refractivity contribution < 1.29 is 4.74 Å². The lowest BCUT2D eigenvalue weighted by Crippen LogP contribution is -2.50. The van der Waals surface area contributed by atoms with Crippen LogP contribution in [0.5, 0.6) is 0 Å². The zero-order valence-electron chi connectivity index (χ0n) is 11.3. The van der Waals surface area contributed by atoms with Gasteiger partial charge in [0.1, 0.15) is 0 Å². The molecule has 1 rings (SSSR count). The molecular formula is C14H29NO. The average Bonchev–Trinajstić information content (AvgIpc) is 2.44. The first-order chi connectivity index (χ1) is 7.60. The van der Waals surface area contributed by atoms with Gasteiger partial charge in [-0.3, -0.25) is 0 Å². The van der Waals surface area contributed by atoms with Gasteiger partial charge in [0, 0.05) is 12.6 Å². The Balaban J connectivity index is 2.67. The van der Waals surface area contributed by atoms with Gasteiger partial charge in [0.25, 0.3) is 0 Å². The molecule has 0 heterocycles. The summed E-state index contributed by atoms with van der Waals surface area (Å²) in [6.07, 6.45) is 8.67. The van der Waals surface area contributed by atoms with E-state index in [1.807, 2.05) is 0 Å². The van der Waals surface area contributed by atoms with Crippen LogP contribution >= 0.6 is 0 Å². The van der Waals surface area contributed by atoms with E-state index >= 15 is 0 Å². The summed E-state index contributed by atoms with van der Waals surface area (Å²) in [4.78, 5) is 0. The lowest BCUT2D eigenvalue weighted by Gasteiger charge is -2.39. The van der Waals surface area contributed by atoms with Gasteiger partial charge in [-0.1, -0.05) is 39.5 Å². The highest BCUT2D eigenvalue weighted by Crippen LogP contribution is 2.34. The zero-order chi connectivity index (χ0) is 12.0. The van der Waals surface area contributed by atoms with Crippen LogP contribution in [0.3, 0.4) is 0 Å². The SMILES string of the molecule is CCOC1(C(N)CC(C)C)CCCCCC1. The number of rotatable bonds is 5. The summed E-state index contributed by atoms with van der Waals surface area (Å²) < 4.78 is 6.09. The molecule has 0 saturated heterocycles. The molecule has 2 N–H and O–H groups in total. The van der Waals surface area contributed by atoms with Crippen LogP contribution in [0, 0.1) is 5.92 Å². The number of hydrogen-bond donors (Lipinski definition) is 1. The smallest absolute Gasteiger partial charge is 0.0832 e. The van der Waals surface area contributed by atoms with Crippen molar-refractivity contribution in [1.29, 1.82) is 0 Å². The molecule has 2 heteroatoms. The molecule has 1 aliphatic carbocycles. The van der Waals surface area contributed by atoms with Crippen LogP contribution in [0.15, 0.2) is 0 Å². The number of ether oxygens (including phenoxy) is 1. The van der Waals surface area contributed by atoms with Crippen molar-refractivity contribution >= 4 is 0 Å². The van der Waals surface area contributed by atoms with Gasteiger partial charge in [-0.25, -0.2) is 0 Å². The molecule has 0 aliphatic heterocycles. The molecule has 1 unspecified atom stereocenters. The van der Waals surface area contributed by atoms with Crippen molar-refractivity contribution in [2.45, 2.75) is 77.4 Å². The van der Waals surface area contributed by atoms with Crippen LogP contribution in [0.4, 0.5) is 0 Å². The number of nitrogens with two attached hydrogens (primary N) is 1. The van der Waals surface area contributed by atoms with Crippen LogP contribution in [-0.4, -0.2) is 18.2 Å². The molecular weight excluding hydrogens is 198 g/mol. The maximum Gasteiger partial charge on any atom is 0.0832 e. The highest BCUT2D eigenvalue weighted by Gasteiger charge is 2.37. The Hall–Kier alpha value is -0.0800. The van der Waals surface area contributed by atoms with E-state index in [1.165, 1.54) is 25.7 Å². The maximum absolute atomic E-state index is 6.41. The highest BCUT2D eigenvalue weighted by molar-refractivity contribution is 4.93. The molecule has 0 aromatic carbocycles. The van der Waals surface area contributed by atoms with Crippen molar-refractivity contribution in [1.82, 2.24) is 0 Å². The molecule has 0 aromatic heterocycles. The third kappa shape index (κ3) is 3.74. The minimum absolute atomic E-state index is 0.0183. The second-order valence-electron chi connectivity index (χ2n) is 5.65. The van der Waals surface area contributed by atoms with E-state index < -0.39 is 0 Å². The van der Waals surface area contributed by atoms with E-state index in [2.05, 4.69) is 20.8 Å². The molecule has 2 nitrogen and oxygen atoms in total. The first kappa shape index (κ1) is 14.0. The summed E-state index contributed by atoms with van der Waals surface area (Å²) in [6.45, 7) is 7.38. The first-order valence-corrected chi connectivity index (χ1v) is 7.00. The minimum Gasteiger partial charge on any atom is -0.374 e. The van der Waals surface area contributed by atoms with E-state index in [9.17, 15) is 0 Å². The quantitative estimate of drug-likeness (QED) is 0.730. The van der Waals surface area contributed by atoms with Gasteiger partial charge < -0.3 is 10.5 Å². The van der Waals surface area contributed by atoms with Gasteiger partial charge in [-0.2, -0.15) is 0 Å². The lowest BCUT2D eigenvalue weighted by atomic mass is 9.82. The molecule has 0 amide bonds. The predicted octanol–water partition coefficient (Wildman–Crippen LogP) is 3.49. The Morgan fingerprint density at radius 2 is 1.69 bits per heavy atom. The Kier molecular flexibility index (Phi) is 5.77. The van der Waals surface area contributed by atoms with Crippen LogP contribution in [0.1, 0.15) is 65.7 Å². The van der Waals surface area contributed by atoms with E-state index in [0.29, 0.717) is 5.92 Å². The summed E-state index contributed by atoms with van der Waals surface area (Å²) in [7, 11) is 0. The van der Waals surface area contributed by atoms with Gasteiger partial charge in [-0.15, -0.1) is 0 Å². The summed E-state index contributed by atoms with van der Waals surface area (Å²) in [6, 6.07) is 0.213. The van der Waals surface area contributed by atoms with Crippen molar-refractivity contribution in [3.63, 3.8) is 0 Å². The summed E-state index contributed by atoms with van der Waals surface area (Å²) >= 11 is 0. The third-order valence-corrected chi connectivity index (χ3v) is 3.78. The van der Waals surface area contributed by atoms with Gasteiger partial charge in [0.2, 0.25) is 0 Å². The van der Waals surface area contributed by atoms with Crippen LogP contribution in [0.25, 0.3) is 0 Å². The lowest BCUT2D eigenvalue weighted by molar-refractivity contribution is -0.0720. The topological polar surface area (TPSA) is 35.2 Å². The maximum atomic E-state index is 6.41. The molecule has 0 spiro atoms. The summed E-state index contributed by atoms with van der Waals surface area (Å²) in [5.41, 5.74) is 6.40. The largest absolute Gasteiger partial charge is 0.374 e. The van der Waals surface area contributed by atoms with E-state index in [-0.39, 0.29) is 11.6 Å². The number of hydrogen-bond acceptors (Lipinski definition) is 2. The Labute approximate surface area is 101 Å². The van der Waals surface area contributed by atoms with Crippen molar-refractivity contribution in [2.75, 3.05) is 6.61 Å². The van der Waals surface area contributed by atoms with Gasteiger partial charge in [0.05, 0.1) is 5.60 Å². The van der Waals surface area contributed by atoms with E-state index in [0.717, 1.165) is 25.9 Å². The van der Waals surface area contributed by atoms with E-state index in [1.54, 1.807) is 0 Å². The van der Waals surface area contributed by atoms with Gasteiger partial charge in [-0.05, 0) is 32.1 Å². The first-order valence-electron chi connectivity index (χ1n) is 7.00. The van der Waals surface area contributed by atoms with Crippen molar-refractivity contribution in [2.24, 2.45) is 11.7 Å². The summed E-state index contributed by atoms with van der Waals surface area (Å²) in [5.74, 6) is 0.663. The zero-order valence-corrected chi connectivity index (χ0v) is 11.3. The van der Waals surface area contributed by atoms with E-state index in [4.69, 9.17) is 10.5 Å². The average molecular weight is 227 g/mol. The van der Waals surface area contributed by atoms with Crippen LogP contribution < -0.4 is 5.73 Å². The van der Waals surface area contributed by atoms with Crippen molar-refractivity contribution in [3.8, 4) is 0 Å². The minimum atomic E-state index is -0.0183. The van der Waals surface area contributed by atoms with Gasteiger partial charge >= 0.3 is 0 Å². The molecule has 0 aromatic rings. The van der Waals surface area contributed by atoms with Crippen molar-refractivity contribution in [3.05, 3.63) is 0 Å². The Morgan fingerprint density at radius 3 is 2.12 bits per heavy atom. The standard InChI is InChI=1S/C14H29NO/c1-4-16-14(13(15)11-12(2)3)9-7-5-6-8-10-14/h12-13H,4-11,15H2,1-3H3. The molecule has 0 radical (unpaired) electrons. The fourth-order valence-corrected chi connectivity index (χ4v) is 2.96. The fraction of sp³-hybridized carbons (Fsp3) is 1.00. The normalized spacial score (nSPS) is 23.1. The molecule has 1 fully saturated rings. The molecule has 16 heavy (non-hydrogen) atoms. The molecule has 1 atom stereocenters. The highest BCUT2D eigenvalue weighted by atomic mass is 16.5. The third-order valence-electron chi connectivity index (χ3n) is 3.78. The fourth-order valence-electron chi connectivity index (χ4n) is 2.96. The van der Waals surface area contributed by atoms with Gasteiger partial charge in [0.15, 0.2) is 0 Å². The molecule has 0 bridgehead atoms. The second kappa shape index (κ2) is 6.61. The molecule has 1 saturated carbocycles.